The van der Waals surface area contributed by atoms with Crippen LogP contribution in [0.2, 0.25) is 0 Å². The minimum Gasteiger partial charge on any atom is -0.508 e. The van der Waals surface area contributed by atoms with E-state index in [1.807, 2.05) is 6.07 Å². The molecule has 0 spiro atoms. The van der Waals surface area contributed by atoms with E-state index < -0.39 is 0 Å². The van der Waals surface area contributed by atoms with Crippen LogP contribution in [0.4, 0.5) is 0 Å². The van der Waals surface area contributed by atoms with Crippen molar-refractivity contribution in [1.29, 1.82) is 0 Å². The van der Waals surface area contributed by atoms with Crippen molar-refractivity contribution in [2.45, 2.75) is 88.0 Å². The average molecular weight is 660 g/mol. The minimum absolute atomic E-state index is 0.270. The predicted octanol–water partition coefficient (Wildman–Crippen LogP) is 12.2. The largest absolute Gasteiger partial charge is 0.508 e. The molecular formula is C48H53NO. The molecule has 2 heteroatoms. The number of allylic oxidation sites excluding steroid dienone is 17. The highest BCUT2D eigenvalue weighted by molar-refractivity contribution is 5.72. The molecule has 2 nitrogen and oxygen atoms in total. The lowest BCUT2D eigenvalue weighted by atomic mass is 9.80. The summed E-state index contributed by atoms with van der Waals surface area (Å²) < 4.78 is 0. The van der Waals surface area contributed by atoms with Gasteiger partial charge in [-0.25, -0.2) is 0 Å². The second-order valence-corrected chi connectivity index (χ2v) is 14.9. The molecular weight excluding hydrogens is 607 g/mol. The van der Waals surface area contributed by atoms with Crippen LogP contribution in [0.25, 0.3) is 5.57 Å². The number of phenols is 1. The van der Waals surface area contributed by atoms with E-state index >= 15 is 0 Å². The number of hydrogen-bond acceptors (Lipinski definition) is 2. The molecule has 7 rings (SSSR count). The van der Waals surface area contributed by atoms with E-state index in [4.69, 9.17) is 0 Å². The second-order valence-electron chi connectivity index (χ2n) is 14.9. The van der Waals surface area contributed by atoms with Crippen LogP contribution < -0.4 is 5.32 Å². The summed E-state index contributed by atoms with van der Waals surface area (Å²) in [6.07, 6.45) is 47.7. The standard InChI is InChI=1S/C48H53NO/c1-35(13-8-9-30-49-46-27-24-37(25-28-46)36-14-4-2-5-15-36)39-18-10-19-40(31-39)41-20-11-21-42(32-41)43-22-12-23-44(33-43)45-26-29-47(48(50)34-45)38-16-6-3-7-17-38/h2,4-5,8-14,18-19,21-24,26-27,29-32,34,36-38,41,44,46,49-50H,1,3,6-7,15-17,20,25,28,33H2/b13-8-,30-9-. The van der Waals surface area contributed by atoms with Crippen molar-refractivity contribution < 1.29 is 5.11 Å². The zero-order valence-electron chi connectivity index (χ0n) is 29.5. The van der Waals surface area contributed by atoms with E-state index in [1.54, 1.807) is 0 Å². The van der Waals surface area contributed by atoms with Gasteiger partial charge in [0.2, 0.25) is 0 Å². The van der Waals surface area contributed by atoms with E-state index in [2.05, 4.69) is 146 Å². The molecule has 2 aromatic carbocycles. The fourth-order valence-corrected chi connectivity index (χ4v) is 8.53. The Hall–Kier alpha value is -4.56. The smallest absolute Gasteiger partial charge is 0.119 e. The number of benzene rings is 2. The Balaban J connectivity index is 0.936. The maximum atomic E-state index is 11.0. The fourth-order valence-electron chi connectivity index (χ4n) is 8.53. The highest BCUT2D eigenvalue weighted by Gasteiger charge is 2.23. The Kier molecular flexibility index (Phi) is 11.1. The predicted molar refractivity (Wildman–Crippen MR) is 212 cm³/mol. The third-order valence-electron chi connectivity index (χ3n) is 11.5. The first kappa shape index (κ1) is 33.9. The van der Waals surface area contributed by atoms with Gasteiger partial charge < -0.3 is 10.4 Å². The van der Waals surface area contributed by atoms with Crippen molar-refractivity contribution in [3.8, 4) is 5.75 Å². The number of rotatable bonds is 10. The van der Waals surface area contributed by atoms with Crippen molar-refractivity contribution >= 4 is 5.57 Å². The van der Waals surface area contributed by atoms with E-state index in [9.17, 15) is 5.11 Å². The van der Waals surface area contributed by atoms with Gasteiger partial charge in [-0.1, -0.05) is 147 Å². The summed E-state index contributed by atoms with van der Waals surface area (Å²) in [4.78, 5) is 0. The molecule has 5 aliphatic carbocycles. The summed E-state index contributed by atoms with van der Waals surface area (Å²) in [6.45, 7) is 4.39. The molecule has 5 aliphatic rings. The van der Waals surface area contributed by atoms with Gasteiger partial charge in [0.25, 0.3) is 0 Å². The molecule has 2 aromatic rings. The van der Waals surface area contributed by atoms with Crippen LogP contribution in [0.3, 0.4) is 0 Å². The van der Waals surface area contributed by atoms with Crippen molar-refractivity contribution in [2.75, 3.05) is 0 Å². The second kappa shape index (κ2) is 16.4. The molecule has 256 valence electrons. The Labute approximate surface area is 300 Å². The first-order chi connectivity index (χ1) is 24.6. The molecule has 0 bridgehead atoms. The van der Waals surface area contributed by atoms with Gasteiger partial charge in [0.1, 0.15) is 5.75 Å². The highest BCUT2D eigenvalue weighted by Crippen LogP contribution is 2.41. The quantitative estimate of drug-likeness (QED) is 0.196. The third kappa shape index (κ3) is 8.41. The summed E-state index contributed by atoms with van der Waals surface area (Å²) in [5.41, 5.74) is 8.52. The summed E-state index contributed by atoms with van der Waals surface area (Å²) in [6, 6.07) is 15.8. The Morgan fingerprint density at radius 1 is 0.780 bits per heavy atom. The van der Waals surface area contributed by atoms with Crippen LogP contribution in [-0.2, 0) is 0 Å². The molecule has 5 unspecified atom stereocenters. The molecule has 0 aliphatic heterocycles. The number of nitrogens with one attached hydrogen (secondary N) is 1. The fraction of sp³-hybridized carbons (Fsp3) is 0.333. The van der Waals surface area contributed by atoms with Crippen LogP contribution in [0, 0.1) is 11.8 Å². The van der Waals surface area contributed by atoms with Crippen LogP contribution in [0.15, 0.2) is 158 Å². The molecule has 5 atom stereocenters. The van der Waals surface area contributed by atoms with Gasteiger partial charge in [0, 0.05) is 17.9 Å². The topological polar surface area (TPSA) is 32.3 Å². The molecule has 0 saturated heterocycles. The van der Waals surface area contributed by atoms with Gasteiger partial charge in [0.15, 0.2) is 0 Å². The van der Waals surface area contributed by atoms with Crippen molar-refractivity contribution in [3.05, 3.63) is 180 Å². The number of aromatic hydroxyl groups is 1. The van der Waals surface area contributed by atoms with Crippen molar-refractivity contribution in [1.82, 2.24) is 5.32 Å². The summed E-state index contributed by atoms with van der Waals surface area (Å²) >= 11 is 0. The Bertz CT molecular complexity index is 1800. The van der Waals surface area contributed by atoms with Crippen molar-refractivity contribution in [2.24, 2.45) is 11.8 Å². The summed E-state index contributed by atoms with van der Waals surface area (Å²) in [5, 5.41) is 14.5. The monoisotopic (exact) mass is 659 g/mol. The van der Waals surface area contributed by atoms with Crippen LogP contribution in [-0.4, -0.2) is 11.1 Å². The van der Waals surface area contributed by atoms with Gasteiger partial charge >= 0.3 is 0 Å². The molecule has 0 heterocycles. The summed E-state index contributed by atoms with van der Waals surface area (Å²) in [5.74, 6) is 2.91. The molecule has 0 aromatic heterocycles. The third-order valence-corrected chi connectivity index (χ3v) is 11.5. The van der Waals surface area contributed by atoms with E-state index in [0.29, 0.717) is 35.5 Å². The SMILES string of the molecule is C=C(/C=C\C=C/NC1C=CC(C2C=CC=CC2)CC1)c1cccc(C2C=C(C3=CC=CC(c4ccc(C5CCCCC5)c(O)c4)C3)C=CC2)c1. The lowest BCUT2D eigenvalue weighted by molar-refractivity contribution is 0.397. The molecule has 1 saturated carbocycles. The van der Waals surface area contributed by atoms with Crippen LogP contribution in [0.1, 0.15) is 104 Å². The lowest BCUT2D eigenvalue weighted by Gasteiger charge is -2.28. The maximum absolute atomic E-state index is 11.0. The number of phenolic OH excluding ortho intramolecular Hbond substituents is 1. The van der Waals surface area contributed by atoms with Crippen LogP contribution >= 0.6 is 0 Å². The van der Waals surface area contributed by atoms with Crippen molar-refractivity contribution in [3.63, 3.8) is 0 Å². The van der Waals surface area contributed by atoms with E-state index in [1.165, 1.54) is 67.2 Å². The normalized spacial score (nSPS) is 26.8. The molecule has 0 radical (unpaired) electrons. The lowest BCUT2D eigenvalue weighted by Crippen LogP contribution is -2.27. The molecule has 0 amide bonds. The first-order valence-corrected chi connectivity index (χ1v) is 19.1. The van der Waals surface area contributed by atoms with E-state index in [-0.39, 0.29) is 5.92 Å². The Morgan fingerprint density at radius 3 is 2.50 bits per heavy atom. The molecule has 50 heavy (non-hydrogen) atoms. The first-order valence-electron chi connectivity index (χ1n) is 19.1. The van der Waals surface area contributed by atoms with Gasteiger partial charge in [-0.05, 0) is 120 Å². The van der Waals surface area contributed by atoms with Gasteiger partial charge in [-0.2, -0.15) is 0 Å². The minimum atomic E-state index is 0.270. The molecule has 1 fully saturated rings. The molecule has 2 N–H and O–H groups in total. The highest BCUT2D eigenvalue weighted by atomic mass is 16.3. The van der Waals surface area contributed by atoms with Gasteiger partial charge in [-0.15, -0.1) is 0 Å². The van der Waals surface area contributed by atoms with Crippen LogP contribution in [0.5, 0.6) is 5.75 Å². The average Bonchev–Trinajstić information content (AvgIpc) is 3.19. The maximum Gasteiger partial charge on any atom is 0.119 e. The van der Waals surface area contributed by atoms with E-state index in [0.717, 1.165) is 36.0 Å². The Morgan fingerprint density at radius 2 is 1.68 bits per heavy atom. The van der Waals surface area contributed by atoms with Gasteiger partial charge in [0.05, 0.1) is 0 Å². The zero-order chi connectivity index (χ0) is 34.1. The van der Waals surface area contributed by atoms with Gasteiger partial charge in [-0.3, -0.25) is 0 Å². The number of hydrogen-bond donors (Lipinski definition) is 2. The summed E-state index contributed by atoms with van der Waals surface area (Å²) in [7, 11) is 0. The zero-order valence-corrected chi connectivity index (χ0v) is 29.5.